The van der Waals surface area contributed by atoms with Crippen molar-refractivity contribution in [2.24, 2.45) is 0 Å². The minimum atomic E-state index is -0.0811. The van der Waals surface area contributed by atoms with Gasteiger partial charge in [-0.05, 0) is 30.3 Å². The van der Waals surface area contributed by atoms with Crippen LogP contribution in [0.15, 0.2) is 61.2 Å². The summed E-state index contributed by atoms with van der Waals surface area (Å²) in [5.74, 6) is 0.673. The molecule has 0 radical (unpaired) electrons. The average Bonchev–Trinajstić information content (AvgIpc) is 3.30. The number of para-hydroxylation sites is 2. The van der Waals surface area contributed by atoms with Crippen LogP contribution >= 0.6 is 0 Å². The van der Waals surface area contributed by atoms with Gasteiger partial charge in [-0.3, -0.25) is 4.79 Å². The van der Waals surface area contributed by atoms with E-state index in [0.29, 0.717) is 12.1 Å². The maximum atomic E-state index is 12.7. The largest absolute Gasteiger partial charge is 0.340 e. The van der Waals surface area contributed by atoms with E-state index in [-0.39, 0.29) is 5.91 Å². The van der Waals surface area contributed by atoms with Crippen molar-refractivity contribution in [2.45, 2.75) is 6.54 Å². The predicted molar refractivity (Wildman–Crippen MR) is 93.3 cm³/mol. The molecular formula is C18H16N6O. The van der Waals surface area contributed by atoms with Crippen LogP contribution < -0.4 is 0 Å². The highest BCUT2D eigenvalue weighted by atomic mass is 16.2. The van der Waals surface area contributed by atoms with Gasteiger partial charge in [0.2, 0.25) is 0 Å². The highest BCUT2D eigenvalue weighted by Crippen LogP contribution is 2.14. The molecule has 2 aromatic carbocycles. The Labute approximate surface area is 143 Å². The summed E-state index contributed by atoms with van der Waals surface area (Å²) in [4.78, 5) is 26.0. The van der Waals surface area contributed by atoms with Crippen molar-refractivity contribution in [2.75, 3.05) is 7.05 Å². The fourth-order valence-electron chi connectivity index (χ4n) is 2.72. The molecule has 0 bridgehead atoms. The van der Waals surface area contributed by atoms with Crippen LogP contribution in [-0.4, -0.2) is 42.6 Å². The summed E-state index contributed by atoms with van der Waals surface area (Å²) in [6.07, 6.45) is 3.06. The van der Waals surface area contributed by atoms with Gasteiger partial charge in [0.25, 0.3) is 5.91 Å². The summed E-state index contributed by atoms with van der Waals surface area (Å²) >= 11 is 0. The topological polar surface area (TPSA) is 79.7 Å². The molecular weight excluding hydrogens is 316 g/mol. The molecule has 7 nitrogen and oxygen atoms in total. The third-order valence-corrected chi connectivity index (χ3v) is 3.95. The quantitative estimate of drug-likeness (QED) is 0.622. The van der Waals surface area contributed by atoms with Crippen LogP contribution in [0.5, 0.6) is 0 Å². The lowest BCUT2D eigenvalue weighted by atomic mass is 10.2. The number of hydrogen-bond donors (Lipinski definition) is 1. The Morgan fingerprint density at radius 1 is 1.20 bits per heavy atom. The number of benzene rings is 2. The fourth-order valence-corrected chi connectivity index (χ4v) is 2.72. The Hall–Kier alpha value is -3.48. The smallest absolute Gasteiger partial charge is 0.254 e. The number of nitrogens with one attached hydrogen (secondary N) is 1. The number of carbonyl (C=O) groups excluding carboxylic acids is 1. The highest BCUT2D eigenvalue weighted by molar-refractivity contribution is 5.94. The zero-order valence-electron chi connectivity index (χ0n) is 13.6. The van der Waals surface area contributed by atoms with Crippen LogP contribution in [0.25, 0.3) is 16.7 Å². The first-order valence-corrected chi connectivity index (χ1v) is 7.85. The molecule has 1 amide bonds. The standard InChI is InChI=1S/C18H16N6O/c1-23(10-17-21-15-7-2-3-8-16(15)22-17)18(25)13-5-4-6-14(9-13)24-12-19-11-20-24/h2-9,11-12H,10H2,1H3,(H,21,22). The Morgan fingerprint density at radius 3 is 2.88 bits per heavy atom. The third-order valence-electron chi connectivity index (χ3n) is 3.95. The molecule has 0 spiro atoms. The van der Waals surface area contributed by atoms with Crippen molar-refractivity contribution < 1.29 is 4.79 Å². The molecule has 0 aliphatic rings. The monoisotopic (exact) mass is 332 g/mol. The van der Waals surface area contributed by atoms with E-state index in [1.54, 1.807) is 35.1 Å². The minimum Gasteiger partial charge on any atom is -0.340 e. The van der Waals surface area contributed by atoms with E-state index in [1.807, 2.05) is 36.4 Å². The number of imidazole rings is 1. The predicted octanol–water partition coefficient (Wildman–Crippen LogP) is 2.42. The number of rotatable bonds is 4. The second kappa shape index (κ2) is 6.20. The fraction of sp³-hybridized carbons (Fsp3) is 0.111. The summed E-state index contributed by atoms with van der Waals surface area (Å²) in [6.45, 7) is 0.404. The van der Waals surface area contributed by atoms with E-state index in [2.05, 4.69) is 20.1 Å². The maximum Gasteiger partial charge on any atom is 0.254 e. The van der Waals surface area contributed by atoms with Crippen LogP contribution in [0.2, 0.25) is 0 Å². The first-order valence-electron chi connectivity index (χ1n) is 7.85. The van der Waals surface area contributed by atoms with Crippen molar-refractivity contribution in [1.82, 2.24) is 29.6 Å². The van der Waals surface area contributed by atoms with Crippen molar-refractivity contribution in [1.29, 1.82) is 0 Å². The SMILES string of the molecule is CN(Cc1nc2ccccc2[nH]1)C(=O)c1cccc(-n2cncn2)c1. The van der Waals surface area contributed by atoms with Gasteiger partial charge in [0.1, 0.15) is 18.5 Å². The van der Waals surface area contributed by atoms with Gasteiger partial charge in [0.15, 0.2) is 0 Å². The number of nitrogens with zero attached hydrogens (tertiary/aromatic N) is 5. The third kappa shape index (κ3) is 2.99. The molecule has 0 fully saturated rings. The summed E-state index contributed by atoms with van der Waals surface area (Å²) < 4.78 is 1.62. The molecule has 124 valence electrons. The molecule has 2 aromatic heterocycles. The van der Waals surface area contributed by atoms with Gasteiger partial charge in [-0.2, -0.15) is 5.10 Å². The zero-order chi connectivity index (χ0) is 17.2. The molecule has 25 heavy (non-hydrogen) atoms. The zero-order valence-corrected chi connectivity index (χ0v) is 13.6. The number of H-pyrrole nitrogens is 1. The lowest BCUT2D eigenvalue weighted by Crippen LogP contribution is -2.26. The first-order chi connectivity index (χ1) is 12.2. The van der Waals surface area contributed by atoms with Crippen LogP contribution in [-0.2, 0) is 6.54 Å². The maximum absolute atomic E-state index is 12.7. The first kappa shape index (κ1) is 15.1. The number of fused-ring (bicyclic) bond motifs is 1. The second-order valence-electron chi connectivity index (χ2n) is 5.75. The van der Waals surface area contributed by atoms with E-state index >= 15 is 0 Å². The summed E-state index contributed by atoms with van der Waals surface area (Å²) in [5, 5.41) is 4.09. The van der Waals surface area contributed by atoms with E-state index in [4.69, 9.17) is 0 Å². The summed E-state index contributed by atoms with van der Waals surface area (Å²) in [7, 11) is 1.76. The molecule has 0 unspecified atom stereocenters. The van der Waals surface area contributed by atoms with Gasteiger partial charge in [-0.15, -0.1) is 0 Å². The van der Waals surface area contributed by atoms with Crippen molar-refractivity contribution >= 4 is 16.9 Å². The van der Waals surface area contributed by atoms with Crippen LogP contribution in [0.3, 0.4) is 0 Å². The molecule has 2 heterocycles. The molecule has 0 saturated carbocycles. The van der Waals surface area contributed by atoms with Gasteiger partial charge < -0.3 is 9.88 Å². The Balaban J connectivity index is 1.55. The molecule has 4 aromatic rings. The van der Waals surface area contributed by atoms with Crippen molar-refractivity contribution in [3.05, 3.63) is 72.6 Å². The van der Waals surface area contributed by atoms with Gasteiger partial charge in [-0.1, -0.05) is 18.2 Å². The summed E-state index contributed by atoms with van der Waals surface area (Å²) in [6, 6.07) is 15.1. The Morgan fingerprint density at radius 2 is 2.08 bits per heavy atom. The number of hydrogen-bond acceptors (Lipinski definition) is 4. The molecule has 0 aliphatic carbocycles. The highest BCUT2D eigenvalue weighted by Gasteiger charge is 2.14. The normalized spacial score (nSPS) is 10.9. The van der Waals surface area contributed by atoms with E-state index in [1.165, 1.54) is 6.33 Å². The van der Waals surface area contributed by atoms with E-state index < -0.39 is 0 Å². The van der Waals surface area contributed by atoms with Crippen molar-refractivity contribution in [3.8, 4) is 5.69 Å². The van der Waals surface area contributed by atoms with E-state index in [0.717, 1.165) is 22.5 Å². The molecule has 4 rings (SSSR count). The average molecular weight is 332 g/mol. The molecule has 0 aliphatic heterocycles. The minimum absolute atomic E-state index is 0.0811. The molecule has 7 heteroatoms. The summed E-state index contributed by atoms with van der Waals surface area (Å²) in [5.41, 5.74) is 3.24. The van der Waals surface area contributed by atoms with Crippen molar-refractivity contribution in [3.63, 3.8) is 0 Å². The van der Waals surface area contributed by atoms with Crippen LogP contribution in [0.1, 0.15) is 16.2 Å². The molecule has 0 saturated heterocycles. The number of aromatic amines is 1. The lowest BCUT2D eigenvalue weighted by Gasteiger charge is -2.16. The molecule has 0 atom stereocenters. The Bertz CT molecular complexity index is 988. The number of amides is 1. The number of carbonyl (C=O) groups is 1. The lowest BCUT2D eigenvalue weighted by molar-refractivity contribution is 0.0782. The van der Waals surface area contributed by atoms with Gasteiger partial charge in [0.05, 0.1) is 23.3 Å². The van der Waals surface area contributed by atoms with Gasteiger partial charge in [-0.25, -0.2) is 14.6 Å². The van der Waals surface area contributed by atoms with Gasteiger partial charge in [0, 0.05) is 12.6 Å². The Kier molecular flexibility index (Phi) is 3.74. The molecule has 1 N–H and O–H groups in total. The van der Waals surface area contributed by atoms with E-state index in [9.17, 15) is 4.79 Å². The second-order valence-corrected chi connectivity index (χ2v) is 5.75. The number of aromatic nitrogens is 5. The van der Waals surface area contributed by atoms with Crippen LogP contribution in [0, 0.1) is 0 Å². The van der Waals surface area contributed by atoms with Gasteiger partial charge >= 0.3 is 0 Å². The van der Waals surface area contributed by atoms with Crippen LogP contribution in [0.4, 0.5) is 0 Å².